The van der Waals surface area contributed by atoms with Crippen LogP contribution in [0.3, 0.4) is 0 Å². The molecule has 0 bridgehead atoms. The Morgan fingerprint density at radius 1 is 1.12 bits per heavy atom. The van der Waals surface area contributed by atoms with Crippen LogP contribution < -0.4 is 0 Å². The van der Waals surface area contributed by atoms with Crippen molar-refractivity contribution in [1.29, 1.82) is 0 Å². The molecule has 0 aliphatic carbocycles. The zero-order chi connectivity index (χ0) is 5.91. The van der Waals surface area contributed by atoms with Gasteiger partial charge in [-0.3, -0.25) is 0 Å². The van der Waals surface area contributed by atoms with Gasteiger partial charge < -0.3 is 0 Å². The van der Waals surface area contributed by atoms with E-state index in [-0.39, 0.29) is 37.7 Å². The third-order valence-electron chi connectivity index (χ3n) is 0.465. The van der Waals surface area contributed by atoms with Crippen molar-refractivity contribution in [2.75, 3.05) is 0 Å². The van der Waals surface area contributed by atoms with Gasteiger partial charge in [-0.15, -0.1) is 0 Å². The third-order valence-corrected chi connectivity index (χ3v) is 1.39. The molecular weight excluding hydrogens is 152 g/mol. The molecule has 0 aromatic carbocycles. The van der Waals surface area contributed by atoms with Crippen LogP contribution in [0.5, 0.6) is 0 Å². The van der Waals surface area contributed by atoms with Crippen LogP contribution >= 0.6 is 0 Å². The fourth-order valence-electron chi connectivity index (χ4n) is 0.0680. The minimum atomic E-state index is -3.13. The van der Waals surface area contributed by atoms with Gasteiger partial charge in [-0.25, -0.2) is 8.42 Å². The first-order valence-electron chi connectivity index (χ1n) is 1.62. The SMILES string of the molecule is C=CS(=O)(=O)C=C.[CaH2]. The van der Waals surface area contributed by atoms with Crippen molar-refractivity contribution in [3.05, 3.63) is 24.0 Å². The van der Waals surface area contributed by atoms with Crippen LogP contribution in [0.1, 0.15) is 0 Å². The van der Waals surface area contributed by atoms with Crippen LogP contribution in [0.2, 0.25) is 0 Å². The first-order valence-corrected chi connectivity index (χ1v) is 3.23. The topological polar surface area (TPSA) is 34.1 Å². The van der Waals surface area contributed by atoms with E-state index < -0.39 is 9.84 Å². The summed E-state index contributed by atoms with van der Waals surface area (Å²) in [4.78, 5) is 0. The fourth-order valence-corrected chi connectivity index (χ4v) is 0.204. The minimum absolute atomic E-state index is 0. The van der Waals surface area contributed by atoms with Crippen LogP contribution in [0.4, 0.5) is 0 Å². The summed E-state index contributed by atoms with van der Waals surface area (Å²) in [5.74, 6) is 0. The van der Waals surface area contributed by atoms with Gasteiger partial charge in [0, 0.05) is 10.8 Å². The van der Waals surface area contributed by atoms with Gasteiger partial charge in [0.15, 0.2) is 9.84 Å². The van der Waals surface area contributed by atoms with E-state index >= 15 is 0 Å². The molecule has 0 fully saturated rings. The number of rotatable bonds is 2. The van der Waals surface area contributed by atoms with Gasteiger partial charge in [-0.05, 0) is 0 Å². The van der Waals surface area contributed by atoms with Crippen LogP contribution in [0, 0.1) is 0 Å². The van der Waals surface area contributed by atoms with E-state index in [4.69, 9.17) is 0 Å². The second-order valence-corrected chi connectivity index (χ2v) is 2.77. The first-order chi connectivity index (χ1) is 3.12. The number of hydrogen-bond donors (Lipinski definition) is 0. The molecule has 4 heteroatoms. The molecule has 0 aliphatic rings. The second-order valence-electron chi connectivity index (χ2n) is 0.922. The molecule has 0 amide bonds. The van der Waals surface area contributed by atoms with E-state index in [2.05, 4.69) is 13.2 Å². The predicted molar refractivity (Wildman–Crippen MR) is 37.9 cm³/mol. The van der Waals surface area contributed by atoms with Crippen LogP contribution in [-0.2, 0) is 9.84 Å². The van der Waals surface area contributed by atoms with Gasteiger partial charge in [0.1, 0.15) is 0 Å². The molecule has 0 aliphatic heterocycles. The summed E-state index contributed by atoms with van der Waals surface area (Å²) in [7, 11) is -3.13. The Labute approximate surface area is 79.2 Å². The molecule has 0 atom stereocenters. The van der Waals surface area contributed by atoms with Gasteiger partial charge >= 0.3 is 37.7 Å². The summed E-state index contributed by atoms with van der Waals surface area (Å²) < 4.78 is 20.3. The van der Waals surface area contributed by atoms with Crippen molar-refractivity contribution < 1.29 is 8.42 Å². The molecule has 0 heterocycles. The molecule has 0 rings (SSSR count). The Morgan fingerprint density at radius 2 is 1.38 bits per heavy atom. The average molecular weight is 160 g/mol. The molecule has 8 heavy (non-hydrogen) atoms. The van der Waals surface area contributed by atoms with Gasteiger partial charge in [0.2, 0.25) is 0 Å². The van der Waals surface area contributed by atoms with Crippen LogP contribution in [0.25, 0.3) is 0 Å². The molecule has 44 valence electrons. The van der Waals surface area contributed by atoms with E-state index in [0.717, 1.165) is 10.8 Å². The van der Waals surface area contributed by atoms with E-state index in [1.54, 1.807) is 0 Å². The zero-order valence-corrected chi connectivity index (χ0v) is 4.61. The molecule has 0 saturated carbocycles. The van der Waals surface area contributed by atoms with Crippen molar-refractivity contribution in [3.63, 3.8) is 0 Å². The van der Waals surface area contributed by atoms with E-state index in [9.17, 15) is 8.42 Å². The third kappa shape index (κ3) is 4.84. The molecule has 0 unspecified atom stereocenters. The van der Waals surface area contributed by atoms with Gasteiger partial charge in [-0.1, -0.05) is 13.2 Å². The molecule has 0 aromatic heterocycles. The van der Waals surface area contributed by atoms with Crippen molar-refractivity contribution in [2.24, 2.45) is 0 Å². The Balaban J connectivity index is 0. The van der Waals surface area contributed by atoms with Crippen LogP contribution in [0.15, 0.2) is 24.0 Å². The number of hydrogen-bond acceptors (Lipinski definition) is 2. The molecule has 0 saturated heterocycles. The molecule has 2 nitrogen and oxygen atoms in total. The Bertz CT molecular complexity index is 154. The summed E-state index contributed by atoms with van der Waals surface area (Å²) in [6, 6.07) is 0. The summed E-state index contributed by atoms with van der Waals surface area (Å²) in [5.41, 5.74) is 0. The maximum atomic E-state index is 10.1. The average Bonchev–Trinajstić information content (AvgIpc) is 1.68. The van der Waals surface area contributed by atoms with Gasteiger partial charge in [0.25, 0.3) is 0 Å². The van der Waals surface area contributed by atoms with Crippen molar-refractivity contribution >= 4 is 47.6 Å². The van der Waals surface area contributed by atoms with Gasteiger partial charge in [0.05, 0.1) is 0 Å². The predicted octanol–water partition coefficient (Wildman–Crippen LogP) is -0.228. The van der Waals surface area contributed by atoms with Crippen molar-refractivity contribution in [1.82, 2.24) is 0 Å². The quantitative estimate of drug-likeness (QED) is 0.523. The van der Waals surface area contributed by atoms with E-state index in [1.807, 2.05) is 0 Å². The Morgan fingerprint density at radius 3 is 1.38 bits per heavy atom. The summed E-state index contributed by atoms with van der Waals surface area (Å²) in [5, 5.41) is 1.69. The maximum absolute atomic E-state index is 10.1. The molecular formula is C4H8CaO2S. The molecule has 0 aromatic rings. The molecule has 0 N–H and O–H groups in total. The normalized spacial score (nSPS) is 9.00. The Kier molecular flexibility index (Phi) is 6.54. The fraction of sp³-hybridized carbons (Fsp3) is 0. The van der Waals surface area contributed by atoms with Crippen molar-refractivity contribution in [2.45, 2.75) is 0 Å². The number of sulfone groups is 1. The summed E-state index contributed by atoms with van der Waals surface area (Å²) >= 11 is 0. The Hall–Kier alpha value is 0.690. The van der Waals surface area contributed by atoms with Gasteiger partial charge in [-0.2, -0.15) is 0 Å². The standard InChI is InChI=1S/C4H6O2S.Ca.2H/c1-3-7(5,6)4-2;;;/h3-4H,1-2H2;;;. The molecule has 0 spiro atoms. The summed E-state index contributed by atoms with van der Waals surface area (Å²) in [6.07, 6.45) is 0. The van der Waals surface area contributed by atoms with Crippen molar-refractivity contribution in [3.8, 4) is 0 Å². The van der Waals surface area contributed by atoms with E-state index in [0.29, 0.717) is 0 Å². The monoisotopic (exact) mass is 160 g/mol. The summed E-state index contributed by atoms with van der Waals surface area (Å²) in [6.45, 7) is 6.09. The van der Waals surface area contributed by atoms with Crippen LogP contribution in [-0.4, -0.2) is 46.2 Å². The zero-order valence-electron chi connectivity index (χ0n) is 3.79. The second kappa shape index (κ2) is 4.56. The molecule has 0 radical (unpaired) electrons. The first kappa shape index (κ1) is 11.5. The van der Waals surface area contributed by atoms with E-state index in [1.165, 1.54) is 0 Å².